The van der Waals surface area contributed by atoms with Crippen LogP contribution in [0.5, 0.6) is 0 Å². The summed E-state index contributed by atoms with van der Waals surface area (Å²) in [5, 5.41) is 21.0. The molecular weight excluding hydrogens is 260 g/mol. The van der Waals surface area contributed by atoms with Gasteiger partial charge in [-0.2, -0.15) is 0 Å². The molecule has 1 aromatic rings. The van der Waals surface area contributed by atoms with Gasteiger partial charge in [0.05, 0.1) is 11.7 Å². The average molecular weight is 278 g/mol. The van der Waals surface area contributed by atoms with Gasteiger partial charge in [-0.05, 0) is 30.5 Å². The maximum atomic E-state index is 11.8. The highest BCUT2D eigenvalue weighted by atomic mass is 16.4. The van der Waals surface area contributed by atoms with Gasteiger partial charge in [-0.15, -0.1) is 0 Å². The zero-order valence-electron chi connectivity index (χ0n) is 11.1. The fourth-order valence-electron chi connectivity index (χ4n) is 2.21. The summed E-state index contributed by atoms with van der Waals surface area (Å²) >= 11 is 0. The molecule has 0 aromatic heterocycles. The van der Waals surface area contributed by atoms with Crippen molar-refractivity contribution in [3.63, 3.8) is 0 Å². The number of aromatic carboxylic acids is 1. The third-order valence-corrected chi connectivity index (χ3v) is 3.31. The number of rotatable bonds is 4. The lowest BCUT2D eigenvalue weighted by Gasteiger charge is -2.16. The Kier molecular flexibility index (Phi) is 4.57. The number of aliphatic hydroxyl groups excluding tert-OH is 1. The summed E-state index contributed by atoms with van der Waals surface area (Å²) < 4.78 is 0. The van der Waals surface area contributed by atoms with Crippen molar-refractivity contribution in [1.29, 1.82) is 0 Å². The summed E-state index contributed by atoms with van der Waals surface area (Å²) in [5.41, 5.74) is 1.11. The average Bonchev–Trinajstić information content (AvgIpc) is 2.86. The van der Waals surface area contributed by atoms with Crippen LogP contribution < -0.4 is 5.32 Å². The predicted octanol–water partition coefficient (Wildman–Crippen LogP) is 0.704. The number of hydrogen-bond donors (Lipinski definition) is 3. The lowest BCUT2D eigenvalue weighted by atomic mass is 10.1. The molecule has 0 bridgehead atoms. The highest BCUT2D eigenvalue weighted by molar-refractivity contribution is 5.87. The fourth-order valence-corrected chi connectivity index (χ4v) is 2.21. The van der Waals surface area contributed by atoms with Crippen molar-refractivity contribution in [1.82, 2.24) is 10.2 Å². The molecule has 1 aliphatic heterocycles. The molecule has 6 heteroatoms. The molecule has 0 saturated carbocycles. The predicted molar refractivity (Wildman–Crippen MR) is 72.7 cm³/mol. The number of urea groups is 1. The molecule has 1 atom stereocenters. The number of nitrogens with one attached hydrogen (secondary N) is 1. The van der Waals surface area contributed by atoms with Crippen molar-refractivity contribution in [3.05, 3.63) is 35.4 Å². The van der Waals surface area contributed by atoms with Gasteiger partial charge in [0.25, 0.3) is 0 Å². The Morgan fingerprint density at radius 3 is 2.85 bits per heavy atom. The van der Waals surface area contributed by atoms with Gasteiger partial charge in [-0.1, -0.05) is 12.1 Å². The third-order valence-electron chi connectivity index (χ3n) is 3.31. The fraction of sp³-hybridized carbons (Fsp3) is 0.429. The number of carboxylic acid groups (broad SMARTS) is 1. The Labute approximate surface area is 117 Å². The first kappa shape index (κ1) is 14.3. The number of carbonyl (C=O) groups is 2. The highest BCUT2D eigenvalue weighted by Crippen LogP contribution is 2.09. The van der Waals surface area contributed by atoms with Crippen molar-refractivity contribution < 1.29 is 19.8 Å². The molecule has 1 aromatic carbocycles. The van der Waals surface area contributed by atoms with Crippen LogP contribution in [0.25, 0.3) is 0 Å². The first-order chi connectivity index (χ1) is 9.56. The van der Waals surface area contributed by atoms with Crippen LogP contribution in [0.4, 0.5) is 4.79 Å². The number of β-amino-alcohol motifs (C(OH)–C–C–N with tert-alkyl or cyclic N) is 1. The number of likely N-dealkylation sites (tertiary alicyclic amines) is 1. The second-order valence-corrected chi connectivity index (χ2v) is 4.88. The summed E-state index contributed by atoms with van der Waals surface area (Å²) in [5.74, 6) is -0.957. The number of aliphatic hydroxyl groups is 1. The molecule has 0 spiro atoms. The van der Waals surface area contributed by atoms with Crippen molar-refractivity contribution in [2.24, 2.45) is 0 Å². The van der Waals surface area contributed by atoms with Crippen molar-refractivity contribution >= 4 is 12.0 Å². The van der Waals surface area contributed by atoms with Gasteiger partial charge in [0.15, 0.2) is 0 Å². The minimum Gasteiger partial charge on any atom is -0.478 e. The van der Waals surface area contributed by atoms with E-state index in [2.05, 4.69) is 5.32 Å². The van der Waals surface area contributed by atoms with Crippen LogP contribution in [-0.4, -0.2) is 52.9 Å². The molecule has 108 valence electrons. The van der Waals surface area contributed by atoms with Crippen molar-refractivity contribution in [3.8, 4) is 0 Å². The maximum absolute atomic E-state index is 11.8. The van der Waals surface area contributed by atoms with E-state index in [0.29, 0.717) is 32.5 Å². The Morgan fingerprint density at radius 1 is 1.40 bits per heavy atom. The van der Waals surface area contributed by atoms with Gasteiger partial charge < -0.3 is 20.4 Å². The molecule has 3 N–H and O–H groups in total. The van der Waals surface area contributed by atoms with Crippen LogP contribution in [0.2, 0.25) is 0 Å². The highest BCUT2D eigenvalue weighted by Gasteiger charge is 2.23. The molecule has 2 rings (SSSR count). The molecule has 1 heterocycles. The monoisotopic (exact) mass is 278 g/mol. The van der Waals surface area contributed by atoms with E-state index in [1.54, 1.807) is 17.0 Å². The Hall–Kier alpha value is -2.08. The first-order valence-corrected chi connectivity index (χ1v) is 6.59. The Bertz CT molecular complexity index is 504. The summed E-state index contributed by atoms with van der Waals surface area (Å²) in [4.78, 5) is 24.2. The molecule has 1 fully saturated rings. The van der Waals surface area contributed by atoms with Crippen molar-refractivity contribution in [2.75, 3.05) is 19.6 Å². The van der Waals surface area contributed by atoms with Gasteiger partial charge >= 0.3 is 12.0 Å². The molecule has 1 saturated heterocycles. The van der Waals surface area contributed by atoms with E-state index in [-0.39, 0.29) is 11.6 Å². The maximum Gasteiger partial charge on any atom is 0.335 e. The second-order valence-electron chi connectivity index (χ2n) is 4.88. The van der Waals surface area contributed by atoms with E-state index in [4.69, 9.17) is 5.11 Å². The van der Waals surface area contributed by atoms with E-state index in [1.165, 1.54) is 6.07 Å². The molecule has 0 aliphatic carbocycles. The lowest BCUT2D eigenvalue weighted by molar-refractivity contribution is 0.0696. The molecule has 20 heavy (non-hydrogen) atoms. The van der Waals surface area contributed by atoms with E-state index >= 15 is 0 Å². The van der Waals surface area contributed by atoms with Crippen LogP contribution >= 0.6 is 0 Å². The minimum absolute atomic E-state index is 0.184. The summed E-state index contributed by atoms with van der Waals surface area (Å²) in [6, 6.07) is 6.48. The van der Waals surface area contributed by atoms with E-state index in [1.807, 2.05) is 6.07 Å². The molecule has 6 nitrogen and oxygen atoms in total. The topological polar surface area (TPSA) is 89.9 Å². The Balaban J connectivity index is 1.79. The molecular formula is C14H18N2O4. The summed E-state index contributed by atoms with van der Waals surface area (Å²) in [6.45, 7) is 1.39. The van der Waals surface area contributed by atoms with E-state index in [0.717, 1.165) is 5.56 Å². The van der Waals surface area contributed by atoms with Crippen LogP contribution in [0.15, 0.2) is 24.3 Å². The molecule has 1 unspecified atom stereocenters. The van der Waals surface area contributed by atoms with Gasteiger partial charge in [0.2, 0.25) is 0 Å². The molecule has 1 aliphatic rings. The number of carboxylic acids is 1. The summed E-state index contributed by atoms with van der Waals surface area (Å²) in [6.07, 6.45) is 0.769. The van der Waals surface area contributed by atoms with E-state index < -0.39 is 12.1 Å². The SMILES string of the molecule is O=C(O)c1cccc(CCNC(=O)N2CCC(O)C2)c1. The summed E-state index contributed by atoms with van der Waals surface area (Å²) in [7, 11) is 0. The number of nitrogens with zero attached hydrogens (tertiary/aromatic N) is 1. The van der Waals surface area contributed by atoms with E-state index in [9.17, 15) is 14.7 Å². The van der Waals surface area contributed by atoms with Gasteiger partial charge in [0, 0.05) is 19.6 Å². The third kappa shape index (κ3) is 3.71. The Morgan fingerprint density at radius 2 is 2.20 bits per heavy atom. The number of hydrogen-bond acceptors (Lipinski definition) is 3. The lowest BCUT2D eigenvalue weighted by Crippen LogP contribution is -2.39. The van der Waals surface area contributed by atoms with Crippen LogP contribution in [0.1, 0.15) is 22.3 Å². The smallest absolute Gasteiger partial charge is 0.335 e. The molecule has 2 amide bonds. The van der Waals surface area contributed by atoms with Crippen LogP contribution in [0, 0.1) is 0 Å². The minimum atomic E-state index is -0.957. The largest absolute Gasteiger partial charge is 0.478 e. The second kappa shape index (κ2) is 6.38. The van der Waals surface area contributed by atoms with Gasteiger partial charge in [-0.25, -0.2) is 9.59 Å². The quantitative estimate of drug-likeness (QED) is 0.756. The molecule has 0 radical (unpaired) electrons. The first-order valence-electron chi connectivity index (χ1n) is 6.59. The zero-order chi connectivity index (χ0) is 14.5. The standard InChI is InChI=1S/C14H18N2O4/c17-12-5-7-16(9-12)14(20)15-6-4-10-2-1-3-11(8-10)13(18)19/h1-3,8,12,17H,4-7,9H2,(H,15,20)(H,18,19). The normalized spacial score (nSPS) is 18.1. The zero-order valence-corrected chi connectivity index (χ0v) is 11.1. The van der Waals surface area contributed by atoms with Gasteiger partial charge in [-0.3, -0.25) is 0 Å². The number of carbonyl (C=O) groups excluding carboxylic acids is 1. The number of benzene rings is 1. The van der Waals surface area contributed by atoms with Crippen LogP contribution in [-0.2, 0) is 6.42 Å². The van der Waals surface area contributed by atoms with Gasteiger partial charge in [0.1, 0.15) is 0 Å². The van der Waals surface area contributed by atoms with Crippen LogP contribution in [0.3, 0.4) is 0 Å². The van der Waals surface area contributed by atoms with Crippen molar-refractivity contribution in [2.45, 2.75) is 18.9 Å². The number of amides is 2.